The molecule has 4 rings (SSSR count). The minimum absolute atomic E-state index is 0.131. The lowest BCUT2D eigenvalue weighted by atomic mass is 10.1. The van der Waals surface area contributed by atoms with Gasteiger partial charge in [-0.25, -0.2) is 0 Å². The summed E-state index contributed by atoms with van der Waals surface area (Å²) in [6, 6.07) is 13.3. The number of rotatable bonds is 4. The molecule has 2 aromatic rings. The number of anilines is 2. The Morgan fingerprint density at radius 1 is 1.10 bits per heavy atom. The fourth-order valence-electron chi connectivity index (χ4n) is 3.84. The highest BCUT2D eigenvalue weighted by atomic mass is 32.2. The van der Waals surface area contributed by atoms with Crippen molar-refractivity contribution in [2.24, 2.45) is 0 Å². The minimum atomic E-state index is -0.841. The summed E-state index contributed by atoms with van der Waals surface area (Å²) in [5.74, 6) is -0.769. The van der Waals surface area contributed by atoms with E-state index in [0.29, 0.717) is 18.8 Å². The van der Waals surface area contributed by atoms with Crippen LogP contribution in [0.15, 0.2) is 47.4 Å². The van der Waals surface area contributed by atoms with Gasteiger partial charge in [-0.3, -0.25) is 14.4 Å². The van der Waals surface area contributed by atoms with Gasteiger partial charge in [0.2, 0.25) is 11.8 Å². The van der Waals surface area contributed by atoms with E-state index in [1.807, 2.05) is 56.3 Å². The van der Waals surface area contributed by atoms with Gasteiger partial charge in [-0.1, -0.05) is 24.3 Å². The normalized spacial score (nSPS) is 18.3. The number of carbonyl (C=O) groups is 3. The van der Waals surface area contributed by atoms with Gasteiger partial charge in [-0.15, -0.1) is 11.8 Å². The average Bonchev–Trinajstić information content (AvgIpc) is 3.27. The first-order valence-electron chi connectivity index (χ1n) is 10.2. The van der Waals surface area contributed by atoms with E-state index in [9.17, 15) is 14.4 Å². The van der Waals surface area contributed by atoms with Crippen LogP contribution in [0.1, 0.15) is 24.0 Å². The van der Waals surface area contributed by atoms with E-state index < -0.39 is 5.25 Å². The number of thioether (sulfide) groups is 1. The fraction of sp³-hybridized carbons (Fsp3) is 0.348. The summed E-state index contributed by atoms with van der Waals surface area (Å²) in [4.78, 5) is 43.1. The summed E-state index contributed by atoms with van der Waals surface area (Å²) < 4.78 is 0. The maximum absolute atomic E-state index is 13.3. The smallest absolute Gasteiger partial charge is 0.250 e. The Morgan fingerprint density at radius 3 is 2.60 bits per heavy atom. The number of aryl methyl sites for hydroxylation is 2. The molecule has 30 heavy (non-hydrogen) atoms. The van der Waals surface area contributed by atoms with Gasteiger partial charge in [0.1, 0.15) is 6.54 Å². The molecule has 1 fully saturated rings. The van der Waals surface area contributed by atoms with Gasteiger partial charge in [0.05, 0.1) is 5.69 Å². The van der Waals surface area contributed by atoms with Gasteiger partial charge in [-0.05, 0) is 56.0 Å². The molecule has 3 amide bonds. The Kier molecular flexibility index (Phi) is 5.81. The number of fused-ring (bicyclic) bond motifs is 1. The molecule has 0 aromatic heterocycles. The van der Waals surface area contributed by atoms with Crippen LogP contribution in [0.3, 0.4) is 0 Å². The van der Waals surface area contributed by atoms with E-state index in [1.165, 1.54) is 16.7 Å². The number of hydrogen-bond acceptors (Lipinski definition) is 4. The molecule has 6 nitrogen and oxygen atoms in total. The molecule has 2 aliphatic heterocycles. The van der Waals surface area contributed by atoms with Gasteiger partial charge in [0.15, 0.2) is 5.25 Å². The van der Waals surface area contributed by atoms with Crippen molar-refractivity contribution in [2.75, 3.05) is 29.9 Å². The van der Waals surface area contributed by atoms with Crippen LogP contribution in [-0.4, -0.2) is 47.5 Å². The Labute approximate surface area is 180 Å². The number of nitrogens with zero attached hydrogens (tertiary/aromatic N) is 2. The van der Waals surface area contributed by atoms with Crippen molar-refractivity contribution in [2.45, 2.75) is 36.8 Å². The van der Waals surface area contributed by atoms with E-state index >= 15 is 0 Å². The molecule has 0 spiro atoms. The Morgan fingerprint density at radius 2 is 1.83 bits per heavy atom. The molecule has 156 valence electrons. The average molecular weight is 424 g/mol. The van der Waals surface area contributed by atoms with Crippen LogP contribution in [0.25, 0.3) is 0 Å². The zero-order valence-electron chi connectivity index (χ0n) is 17.2. The molecule has 1 saturated heterocycles. The lowest BCUT2D eigenvalue weighted by Gasteiger charge is -2.34. The predicted molar refractivity (Wildman–Crippen MR) is 119 cm³/mol. The van der Waals surface area contributed by atoms with Crippen LogP contribution < -0.4 is 10.2 Å². The van der Waals surface area contributed by atoms with Gasteiger partial charge < -0.3 is 15.1 Å². The van der Waals surface area contributed by atoms with Crippen molar-refractivity contribution in [3.63, 3.8) is 0 Å². The summed E-state index contributed by atoms with van der Waals surface area (Å²) in [5, 5.41) is 2.07. The lowest BCUT2D eigenvalue weighted by Crippen LogP contribution is -2.51. The zero-order valence-corrected chi connectivity index (χ0v) is 18.0. The van der Waals surface area contributed by atoms with Crippen molar-refractivity contribution >= 4 is 40.9 Å². The topological polar surface area (TPSA) is 69.7 Å². The van der Waals surface area contributed by atoms with Crippen LogP contribution in [0, 0.1) is 13.8 Å². The van der Waals surface area contributed by atoms with Crippen molar-refractivity contribution in [3.05, 3.63) is 53.6 Å². The number of carbonyl (C=O) groups excluding carboxylic acids is 3. The van der Waals surface area contributed by atoms with Gasteiger partial charge >= 0.3 is 0 Å². The van der Waals surface area contributed by atoms with Crippen molar-refractivity contribution < 1.29 is 14.4 Å². The molecule has 0 aliphatic carbocycles. The number of hydrogen-bond donors (Lipinski definition) is 1. The molecule has 2 heterocycles. The third-order valence-corrected chi connectivity index (χ3v) is 6.74. The fourth-order valence-corrected chi connectivity index (χ4v) is 5.03. The highest BCUT2D eigenvalue weighted by Gasteiger charge is 2.41. The Bertz CT molecular complexity index is 1000. The largest absolute Gasteiger partial charge is 0.341 e. The molecule has 0 unspecified atom stereocenters. The number of nitrogens with one attached hydrogen (secondary N) is 1. The van der Waals surface area contributed by atoms with E-state index in [-0.39, 0.29) is 24.3 Å². The summed E-state index contributed by atoms with van der Waals surface area (Å²) in [6.45, 7) is 5.15. The molecule has 7 heteroatoms. The van der Waals surface area contributed by atoms with Gasteiger partial charge in [-0.2, -0.15) is 0 Å². The van der Waals surface area contributed by atoms with Gasteiger partial charge in [0, 0.05) is 23.7 Å². The Balaban J connectivity index is 1.57. The quantitative estimate of drug-likeness (QED) is 0.766. The number of likely N-dealkylation sites (tertiary alicyclic amines) is 1. The third-order valence-electron chi connectivity index (χ3n) is 5.50. The van der Waals surface area contributed by atoms with Crippen LogP contribution in [0.2, 0.25) is 0 Å². The second-order valence-corrected chi connectivity index (χ2v) is 8.94. The molecule has 0 saturated carbocycles. The highest BCUT2D eigenvalue weighted by Crippen LogP contribution is 2.40. The molecular weight excluding hydrogens is 398 g/mol. The van der Waals surface area contributed by atoms with Crippen molar-refractivity contribution in [1.82, 2.24) is 4.90 Å². The van der Waals surface area contributed by atoms with E-state index in [2.05, 4.69) is 5.32 Å². The van der Waals surface area contributed by atoms with E-state index in [0.717, 1.165) is 34.6 Å². The lowest BCUT2D eigenvalue weighted by molar-refractivity contribution is -0.134. The first-order chi connectivity index (χ1) is 14.4. The maximum Gasteiger partial charge on any atom is 0.250 e. The molecule has 0 radical (unpaired) electrons. The third kappa shape index (κ3) is 4.07. The van der Waals surface area contributed by atoms with Crippen molar-refractivity contribution in [3.8, 4) is 0 Å². The first-order valence-corrected chi connectivity index (χ1v) is 11.0. The van der Waals surface area contributed by atoms with Crippen molar-refractivity contribution in [1.29, 1.82) is 0 Å². The van der Waals surface area contributed by atoms with Crippen LogP contribution in [0.4, 0.5) is 11.4 Å². The van der Waals surface area contributed by atoms with Gasteiger partial charge in [0.25, 0.3) is 5.91 Å². The molecule has 2 aliphatic rings. The highest BCUT2D eigenvalue weighted by molar-refractivity contribution is 8.01. The van der Waals surface area contributed by atoms with Crippen LogP contribution in [-0.2, 0) is 14.4 Å². The minimum Gasteiger partial charge on any atom is -0.341 e. The molecular formula is C23H25N3O3S. The molecule has 2 aromatic carbocycles. The molecule has 1 atom stereocenters. The van der Waals surface area contributed by atoms with Crippen LogP contribution >= 0.6 is 11.8 Å². The second kappa shape index (κ2) is 8.52. The number of benzene rings is 2. The summed E-state index contributed by atoms with van der Waals surface area (Å²) in [6.07, 6.45) is 1.94. The SMILES string of the molecule is Cc1ccc(C)c(NC(=O)CN2C(=O)[C@@H](C(=O)N3CCCC3)Sc3ccccc32)c1. The van der Waals surface area contributed by atoms with E-state index in [4.69, 9.17) is 0 Å². The molecule has 0 bridgehead atoms. The number of amides is 3. The predicted octanol–water partition coefficient (Wildman–Crippen LogP) is 3.37. The zero-order chi connectivity index (χ0) is 21.3. The second-order valence-electron chi connectivity index (χ2n) is 7.79. The Hall–Kier alpha value is -2.80. The van der Waals surface area contributed by atoms with E-state index in [1.54, 1.807) is 4.90 Å². The summed E-state index contributed by atoms with van der Waals surface area (Å²) in [7, 11) is 0. The monoisotopic (exact) mass is 423 g/mol. The summed E-state index contributed by atoms with van der Waals surface area (Å²) in [5.41, 5.74) is 3.41. The first kappa shape index (κ1) is 20.5. The maximum atomic E-state index is 13.3. The van der Waals surface area contributed by atoms with Crippen LogP contribution in [0.5, 0.6) is 0 Å². The molecule has 1 N–H and O–H groups in total. The number of para-hydroxylation sites is 1. The summed E-state index contributed by atoms with van der Waals surface area (Å²) >= 11 is 1.29. The standard InChI is InChI=1S/C23H25N3O3S/c1-15-9-10-16(2)17(13-15)24-20(27)14-26-18-7-3-4-8-19(18)30-21(23(26)29)22(28)25-11-5-6-12-25/h3-4,7-10,13,21H,5-6,11-12,14H2,1-2H3,(H,24,27)/t21-/m1/s1.